The van der Waals surface area contributed by atoms with E-state index in [0.29, 0.717) is 19.0 Å². The van der Waals surface area contributed by atoms with Gasteiger partial charge in [0.2, 0.25) is 0 Å². The minimum absolute atomic E-state index is 0.375. The van der Waals surface area contributed by atoms with E-state index in [1.165, 1.54) is 0 Å². The Labute approximate surface area is 108 Å². The summed E-state index contributed by atoms with van der Waals surface area (Å²) < 4.78 is 2.66. The Hall–Kier alpha value is -0.880. The van der Waals surface area contributed by atoms with Gasteiger partial charge in [-0.15, -0.1) is 0 Å². The molecule has 1 aliphatic carbocycles. The quantitative estimate of drug-likeness (QED) is 0.838. The molecule has 2 rings (SSSR count). The maximum Gasteiger partial charge on any atom is 0.323 e. The summed E-state index contributed by atoms with van der Waals surface area (Å²) in [5.74, 6) is -0.796. The van der Waals surface area contributed by atoms with Gasteiger partial charge in [0.05, 0.1) is 10.7 Å². The monoisotopic (exact) mass is 301 g/mol. The first-order chi connectivity index (χ1) is 7.99. The van der Waals surface area contributed by atoms with E-state index < -0.39 is 11.5 Å². The summed E-state index contributed by atoms with van der Waals surface area (Å²) in [6, 6.07) is 0.375. The van der Waals surface area contributed by atoms with Crippen LogP contribution in [0.4, 0.5) is 0 Å². The van der Waals surface area contributed by atoms with Crippen molar-refractivity contribution in [2.75, 3.05) is 0 Å². The zero-order valence-corrected chi connectivity index (χ0v) is 11.3. The number of hydrogen-bond donors (Lipinski definition) is 2. The van der Waals surface area contributed by atoms with E-state index in [1.54, 1.807) is 17.8 Å². The van der Waals surface area contributed by atoms with Gasteiger partial charge in [-0.25, -0.2) is 0 Å². The van der Waals surface area contributed by atoms with Crippen LogP contribution >= 0.6 is 15.9 Å². The Morgan fingerprint density at radius 2 is 2.47 bits per heavy atom. The molecule has 0 aromatic carbocycles. The van der Waals surface area contributed by atoms with Crippen LogP contribution in [0.2, 0.25) is 0 Å². The minimum atomic E-state index is -0.862. The van der Waals surface area contributed by atoms with Crippen molar-refractivity contribution in [1.29, 1.82) is 0 Å². The molecule has 1 fully saturated rings. The smallest absolute Gasteiger partial charge is 0.323 e. The molecule has 1 atom stereocenters. The van der Waals surface area contributed by atoms with E-state index >= 15 is 0 Å². The Kier molecular flexibility index (Phi) is 3.53. The zero-order chi connectivity index (χ0) is 12.5. The molecule has 1 saturated carbocycles. The number of hydrogen-bond acceptors (Lipinski definition) is 3. The van der Waals surface area contributed by atoms with E-state index in [-0.39, 0.29) is 0 Å². The fourth-order valence-electron chi connectivity index (χ4n) is 1.72. The number of aryl methyl sites for hydroxylation is 1. The number of nitrogens with zero attached hydrogens (tertiary/aromatic N) is 2. The number of aliphatic carboxylic acids is 1. The van der Waals surface area contributed by atoms with Crippen molar-refractivity contribution in [1.82, 2.24) is 15.1 Å². The molecule has 0 saturated heterocycles. The van der Waals surface area contributed by atoms with Crippen LogP contribution in [0.25, 0.3) is 0 Å². The van der Waals surface area contributed by atoms with Gasteiger partial charge in [0.15, 0.2) is 0 Å². The van der Waals surface area contributed by atoms with Gasteiger partial charge in [-0.2, -0.15) is 5.10 Å². The number of halogens is 1. The van der Waals surface area contributed by atoms with Crippen molar-refractivity contribution in [2.45, 2.75) is 44.3 Å². The molecule has 5 nitrogen and oxygen atoms in total. The number of carboxylic acids is 1. The summed E-state index contributed by atoms with van der Waals surface area (Å²) in [4.78, 5) is 11.3. The van der Waals surface area contributed by atoms with Crippen LogP contribution in [-0.2, 0) is 11.3 Å². The molecule has 1 aromatic rings. The lowest BCUT2D eigenvalue weighted by atomic mass is 9.98. The topological polar surface area (TPSA) is 67.2 Å². The lowest BCUT2D eigenvalue weighted by Gasteiger charge is -2.26. The first kappa shape index (κ1) is 12.6. The fourth-order valence-corrected chi connectivity index (χ4v) is 2.05. The number of carboxylic acid groups (broad SMARTS) is 1. The predicted molar refractivity (Wildman–Crippen MR) is 66.7 cm³/mol. The third-order valence-electron chi connectivity index (χ3n) is 3.01. The summed E-state index contributed by atoms with van der Waals surface area (Å²) in [6.45, 7) is 2.33. The molecule has 6 heteroatoms. The van der Waals surface area contributed by atoms with Crippen molar-refractivity contribution in [2.24, 2.45) is 0 Å². The molecule has 0 bridgehead atoms. The Morgan fingerprint density at radius 1 is 1.76 bits per heavy atom. The van der Waals surface area contributed by atoms with Crippen LogP contribution in [0.5, 0.6) is 0 Å². The molecule has 0 aliphatic heterocycles. The Morgan fingerprint density at radius 3 is 2.94 bits per heavy atom. The average Bonchev–Trinajstić information content (AvgIpc) is 2.96. The van der Waals surface area contributed by atoms with Gasteiger partial charge in [0, 0.05) is 18.8 Å². The van der Waals surface area contributed by atoms with Gasteiger partial charge in [0.1, 0.15) is 5.54 Å². The van der Waals surface area contributed by atoms with E-state index in [0.717, 1.165) is 17.3 Å². The molecule has 2 N–H and O–H groups in total. The molecule has 0 amide bonds. The van der Waals surface area contributed by atoms with E-state index in [1.807, 2.05) is 6.20 Å². The maximum absolute atomic E-state index is 11.3. The highest BCUT2D eigenvalue weighted by molar-refractivity contribution is 9.10. The normalized spacial score (nSPS) is 18.9. The average molecular weight is 302 g/mol. The van der Waals surface area contributed by atoms with Crippen molar-refractivity contribution in [3.8, 4) is 0 Å². The molecule has 0 radical (unpaired) electrons. The lowest BCUT2D eigenvalue weighted by Crippen LogP contribution is -2.51. The summed E-state index contributed by atoms with van der Waals surface area (Å²) in [7, 11) is 0. The number of nitrogens with one attached hydrogen (secondary N) is 1. The molecule has 17 heavy (non-hydrogen) atoms. The second-order valence-corrected chi connectivity index (χ2v) is 5.64. The van der Waals surface area contributed by atoms with Crippen LogP contribution in [0, 0.1) is 0 Å². The number of rotatable bonds is 6. The highest BCUT2D eigenvalue weighted by Crippen LogP contribution is 2.24. The molecular weight excluding hydrogens is 286 g/mol. The van der Waals surface area contributed by atoms with E-state index in [4.69, 9.17) is 0 Å². The van der Waals surface area contributed by atoms with Gasteiger partial charge in [-0.05, 0) is 42.1 Å². The van der Waals surface area contributed by atoms with Crippen molar-refractivity contribution < 1.29 is 9.90 Å². The van der Waals surface area contributed by atoms with Crippen LogP contribution in [0.15, 0.2) is 16.9 Å². The summed E-state index contributed by atoms with van der Waals surface area (Å²) in [5.41, 5.74) is -0.862. The standard InChI is InChI=1S/C11H16BrN3O2/c1-11(10(16)17,14-9-2-3-9)4-5-15-7-8(12)6-13-15/h6-7,9,14H,2-5H2,1H3,(H,16,17). The molecule has 94 valence electrons. The van der Waals surface area contributed by atoms with Crippen molar-refractivity contribution in [3.63, 3.8) is 0 Å². The second kappa shape index (κ2) is 4.78. The molecule has 0 spiro atoms. The third-order valence-corrected chi connectivity index (χ3v) is 3.42. The predicted octanol–water partition coefficient (Wildman–Crippen LogP) is 1.63. The van der Waals surface area contributed by atoms with Gasteiger partial charge in [-0.3, -0.25) is 14.8 Å². The van der Waals surface area contributed by atoms with Crippen molar-refractivity contribution >= 4 is 21.9 Å². The van der Waals surface area contributed by atoms with Crippen LogP contribution in [0.3, 0.4) is 0 Å². The number of carbonyl (C=O) groups is 1. The molecule has 1 aliphatic rings. The van der Waals surface area contributed by atoms with Crippen LogP contribution < -0.4 is 5.32 Å². The van der Waals surface area contributed by atoms with Gasteiger partial charge >= 0.3 is 5.97 Å². The molecular formula is C11H16BrN3O2. The summed E-state index contributed by atoms with van der Waals surface area (Å²) in [5, 5.41) is 16.6. The Bertz CT molecular complexity index is 417. The van der Waals surface area contributed by atoms with Gasteiger partial charge in [-0.1, -0.05) is 0 Å². The van der Waals surface area contributed by atoms with Gasteiger partial charge in [0.25, 0.3) is 0 Å². The maximum atomic E-state index is 11.3. The number of aromatic nitrogens is 2. The Balaban J connectivity index is 1.95. The van der Waals surface area contributed by atoms with Crippen LogP contribution in [-0.4, -0.2) is 32.4 Å². The van der Waals surface area contributed by atoms with Gasteiger partial charge < -0.3 is 5.11 Å². The largest absolute Gasteiger partial charge is 0.480 e. The first-order valence-corrected chi connectivity index (χ1v) is 6.48. The highest BCUT2D eigenvalue weighted by Gasteiger charge is 2.38. The SMILES string of the molecule is CC(CCn1cc(Br)cn1)(NC1CC1)C(=O)O. The highest BCUT2D eigenvalue weighted by atomic mass is 79.9. The molecule has 1 unspecified atom stereocenters. The van der Waals surface area contributed by atoms with E-state index in [2.05, 4.69) is 26.3 Å². The van der Waals surface area contributed by atoms with Crippen LogP contribution in [0.1, 0.15) is 26.2 Å². The van der Waals surface area contributed by atoms with E-state index in [9.17, 15) is 9.90 Å². The third kappa shape index (κ3) is 3.29. The molecule has 1 aromatic heterocycles. The molecule has 1 heterocycles. The summed E-state index contributed by atoms with van der Waals surface area (Å²) in [6.07, 6.45) is 6.23. The minimum Gasteiger partial charge on any atom is -0.480 e. The second-order valence-electron chi connectivity index (χ2n) is 4.73. The van der Waals surface area contributed by atoms with Crippen molar-refractivity contribution in [3.05, 3.63) is 16.9 Å². The fraction of sp³-hybridized carbons (Fsp3) is 0.636. The first-order valence-electron chi connectivity index (χ1n) is 5.69. The zero-order valence-electron chi connectivity index (χ0n) is 9.69. The summed E-state index contributed by atoms with van der Waals surface area (Å²) >= 11 is 3.32. The lowest BCUT2D eigenvalue weighted by molar-refractivity contribution is -0.144.